The van der Waals surface area contributed by atoms with Crippen LogP contribution >= 0.6 is 11.8 Å². The molecule has 5 rings (SSSR count). The Morgan fingerprint density at radius 2 is 1.77 bits per heavy atom. The molecule has 0 aromatic heterocycles. The first-order valence-electron chi connectivity index (χ1n) is 13.8. The topological polar surface area (TPSA) is 131 Å². The smallest absolute Gasteiger partial charge is 0.311 e. The molecule has 0 saturated heterocycles. The molecule has 214 valence electrons. The van der Waals surface area contributed by atoms with Crippen LogP contribution in [0.25, 0.3) is 0 Å². The van der Waals surface area contributed by atoms with Crippen molar-refractivity contribution >= 4 is 35.5 Å². The fourth-order valence-corrected chi connectivity index (χ4v) is 7.91. The van der Waals surface area contributed by atoms with E-state index in [0.29, 0.717) is 31.1 Å². The Labute approximate surface area is 235 Å². The Hall–Kier alpha value is -2.59. The summed E-state index contributed by atoms with van der Waals surface area (Å²) < 4.78 is 5.22. The van der Waals surface area contributed by atoms with E-state index in [9.17, 15) is 19.2 Å². The van der Waals surface area contributed by atoms with E-state index in [4.69, 9.17) is 10.5 Å². The number of likely N-dealkylation sites (N-methyl/N-ethyl adjacent to an activating group) is 1. The number of amides is 3. The summed E-state index contributed by atoms with van der Waals surface area (Å²) in [4.78, 5) is 53.8. The molecule has 3 amide bonds. The highest BCUT2D eigenvalue weighted by Crippen LogP contribution is 2.62. The Bertz CT molecular complexity index is 1050. The van der Waals surface area contributed by atoms with E-state index in [1.54, 1.807) is 18.8 Å². The Kier molecular flexibility index (Phi) is 9.26. The number of nitrogens with zero attached hydrogens (tertiary/aromatic N) is 1. The number of thioether (sulfide) groups is 1. The Morgan fingerprint density at radius 1 is 1.10 bits per heavy atom. The second-order valence-corrected chi connectivity index (χ2v) is 12.8. The third-order valence-electron chi connectivity index (χ3n) is 8.89. The quantitative estimate of drug-likeness (QED) is 0.334. The van der Waals surface area contributed by atoms with Gasteiger partial charge >= 0.3 is 5.97 Å². The molecule has 1 aromatic carbocycles. The van der Waals surface area contributed by atoms with E-state index >= 15 is 0 Å². The number of methoxy groups -OCH3 is 1. The normalized spacial score (nSPS) is 28.3. The average molecular weight is 559 g/mol. The Morgan fingerprint density at radius 3 is 2.38 bits per heavy atom. The maximum atomic E-state index is 14.0. The summed E-state index contributed by atoms with van der Waals surface area (Å²) in [7, 11) is 3.04. The maximum Gasteiger partial charge on any atom is 0.311 e. The summed E-state index contributed by atoms with van der Waals surface area (Å²) in [6, 6.07) is 8.12. The molecule has 0 radical (unpaired) electrons. The van der Waals surface area contributed by atoms with E-state index in [0.717, 1.165) is 43.4 Å². The summed E-state index contributed by atoms with van der Waals surface area (Å²) in [6.07, 6.45) is 7.78. The first kappa shape index (κ1) is 29.4. The number of hydrogen-bond donors (Lipinski definition) is 3. The van der Waals surface area contributed by atoms with Gasteiger partial charge in [-0.05, 0) is 74.4 Å². The minimum atomic E-state index is -0.774. The van der Waals surface area contributed by atoms with Crippen LogP contribution in [-0.4, -0.2) is 78.9 Å². The first-order chi connectivity index (χ1) is 18.6. The van der Waals surface area contributed by atoms with Gasteiger partial charge in [-0.3, -0.25) is 19.2 Å². The second-order valence-electron chi connectivity index (χ2n) is 11.8. The van der Waals surface area contributed by atoms with Crippen molar-refractivity contribution < 1.29 is 23.9 Å². The van der Waals surface area contributed by atoms with Gasteiger partial charge in [-0.2, -0.15) is 11.8 Å². The lowest BCUT2D eigenvalue weighted by Gasteiger charge is -2.61. The van der Waals surface area contributed by atoms with E-state index in [1.807, 2.05) is 36.6 Å². The highest BCUT2D eigenvalue weighted by molar-refractivity contribution is 7.98. The molecule has 4 bridgehead atoms. The lowest BCUT2D eigenvalue weighted by molar-refractivity contribution is -0.173. The molecule has 4 N–H and O–H groups in total. The van der Waals surface area contributed by atoms with Crippen LogP contribution in [0.1, 0.15) is 50.5 Å². The van der Waals surface area contributed by atoms with Crippen LogP contribution in [0, 0.1) is 17.3 Å². The average Bonchev–Trinajstić information content (AvgIpc) is 2.91. The predicted molar refractivity (Wildman–Crippen MR) is 151 cm³/mol. The number of ether oxygens (including phenoxy) is 1. The van der Waals surface area contributed by atoms with Crippen molar-refractivity contribution in [2.45, 2.75) is 69.0 Å². The van der Waals surface area contributed by atoms with Gasteiger partial charge in [-0.1, -0.05) is 30.3 Å². The number of esters is 1. The first-order valence-corrected chi connectivity index (χ1v) is 15.2. The van der Waals surface area contributed by atoms with Crippen molar-refractivity contribution in [2.24, 2.45) is 23.0 Å². The second kappa shape index (κ2) is 12.3. The Balaban J connectivity index is 1.48. The van der Waals surface area contributed by atoms with Gasteiger partial charge in [0.05, 0.1) is 25.1 Å². The largest absolute Gasteiger partial charge is 0.469 e. The lowest BCUT2D eigenvalue weighted by Crippen LogP contribution is -2.67. The molecule has 1 aromatic rings. The molecule has 4 aliphatic rings. The third-order valence-corrected chi connectivity index (χ3v) is 9.53. The lowest BCUT2D eigenvalue weighted by atomic mass is 9.47. The molecule has 4 saturated carbocycles. The number of nitrogens with two attached hydrogens (primary N) is 1. The van der Waals surface area contributed by atoms with E-state index < -0.39 is 23.0 Å². The molecule has 4 atom stereocenters. The molecule has 9 nitrogen and oxygen atoms in total. The standard InChI is InChI=1S/C29H42N4O5S/c1-33(24(34)17-31-25(35)22(30)9-10-39-3)23(12-19-7-5-4-6-8-19)26(36)32-29-15-20-11-21(16-29)14-28(13-20,18-29)27(37)38-2/h4-8,20-23H,9-18,30H2,1-3H3,(H,31,35)(H,32,36)/t20?,21?,22-,23+,28?,29?/m1/s1. The van der Waals surface area contributed by atoms with Gasteiger partial charge in [0.2, 0.25) is 17.7 Å². The van der Waals surface area contributed by atoms with Gasteiger partial charge in [0, 0.05) is 19.0 Å². The van der Waals surface area contributed by atoms with Gasteiger partial charge in [0.1, 0.15) is 6.04 Å². The molecule has 0 spiro atoms. The van der Waals surface area contributed by atoms with Gasteiger partial charge in [-0.15, -0.1) is 0 Å². The van der Waals surface area contributed by atoms with Gasteiger partial charge < -0.3 is 26.0 Å². The molecule has 0 aliphatic heterocycles. The SMILES string of the molecule is COC(=O)C12CC3CC(CC(NC(=O)[C@H](Cc4ccccc4)N(C)C(=O)CNC(=O)[C@H](N)CCSC)(C3)C1)C2. The fraction of sp³-hybridized carbons (Fsp3) is 0.655. The van der Waals surface area contributed by atoms with Crippen molar-refractivity contribution in [1.29, 1.82) is 0 Å². The number of rotatable bonds is 12. The van der Waals surface area contributed by atoms with Gasteiger partial charge in [0.25, 0.3) is 0 Å². The monoisotopic (exact) mass is 558 g/mol. The van der Waals surface area contributed by atoms with Crippen LogP contribution in [0.2, 0.25) is 0 Å². The number of carbonyl (C=O) groups is 4. The number of hydrogen-bond acceptors (Lipinski definition) is 7. The zero-order valence-corrected chi connectivity index (χ0v) is 24.1. The van der Waals surface area contributed by atoms with Gasteiger partial charge in [-0.25, -0.2) is 0 Å². The van der Waals surface area contributed by atoms with Crippen LogP contribution in [0.15, 0.2) is 30.3 Å². The molecule has 10 heteroatoms. The van der Waals surface area contributed by atoms with Crippen molar-refractivity contribution in [3.8, 4) is 0 Å². The van der Waals surface area contributed by atoms with E-state index in [1.165, 1.54) is 12.0 Å². The van der Waals surface area contributed by atoms with E-state index in [2.05, 4.69) is 10.6 Å². The van der Waals surface area contributed by atoms with Crippen molar-refractivity contribution in [1.82, 2.24) is 15.5 Å². The van der Waals surface area contributed by atoms with Crippen molar-refractivity contribution in [3.63, 3.8) is 0 Å². The summed E-state index contributed by atoms with van der Waals surface area (Å²) >= 11 is 1.60. The molecule has 2 unspecified atom stereocenters. The molecule has 4 aliphatic carbocycles. The van der Waals surface area contributed by atoms with Crippen LogP contribution in [0.4, 0.5) is 0 Å². The third kappa shape index (κ3) is 6.60. The summed E-state index contributed by atoms with van der Waals surface area (Å²) in [5, 5.41) is 5.97. The fourth-order valence-electron chi connectivity index (χ4n) is 7.42. The summed E-state index contributed by atoms with van der Waals surface area (Å²) in [5.41, 5.74) is 5.84. The summed E-state index contributed by atoms with van der Waals surface area (Å²) in [5.74, 6) is 0.355. The minimum Gasteiger partial charge on any atom is -0.469 e. The van der Waals surface area contributed by atoms with Crippen molar-refractivity contribution in [3.05, 3.63) is 35.9 Å². The zero-order valence-electron chi connectivity index (χ0n) is 23.2. The van der Waals surface area contributed by atoms with Crippen LogP contribution in [0.3, 0.4) is 0 Å². The van der Waals surface area contributed by atoms with Gasteiger partial charge in [0.15, 0.2) is 0 Å². The number of carbonyl (C=O) groups excluding carboxylic acids is 4. The minimum absolute atomic E-state index is 0.171. The van der Waals surface area contributed by atoms with Crippen molar-refractivity contribution in [2.75, 3.05) is 32.7 Å². The molecule has 4 fully saturated rings. The molecular formula is C29H42N4O5S. The predicted octanol–water partition coefficient (Wildman–Crippen LogP) is 1.88. The highest BCUT2D eigenvalue weighted by atomic mass is 32.2. The van der Waals surface area contributed by atoms with Crippen LogP contribution < -0.4 is 16.4 Å². The number of benzene rings is 1. The maximum absolute atomic E-state index is 14.0. The molecular weight excluding hydrogens is 516 g/mol. The van der Waals surface area contributed by atoms with Crippen LogP contribution in [-0.2, 0) is 30.3 Å². The highest BCUT2D eigenvalue weighted by Gasteiger charge is 2.61. The van der Waals surface area contributed by atoms with E-state index in [-0.39, 0.29) is 30.2 Å². The molecule has 39 heavy (non-hydrogen) atoms. The zero-order chi connectivity index (χ0) is 28.2. The number of nitrogens with one attached hydrogen (secondary N) is 2. The van der Waals surface area contributed by atoms with Crippen LogP contribution in [0.5, 0.6) is 0 Å². The summed E-state index contributed by atoms with van der Waals surface area (Å²) in [6.45, 7) is -0.235. The molecule has 0 heterocycles.